The lowest BCUT2D eigenvalue weighted by molar-refractivity contribution is -0.160. The van der Waals surface area contributed by atoms with E-state index >= 15 is 4.39 Å². The molecule has 0 spiro atoms. The maximum Gasteiger partial charge on any atom is 0.414 e. The number of Topliss-reactive ketones (excluding diaryl/α,β-unsaturated/α-hetero) is 1. The second-order valence-electron chi connectivity index (χ2n) is 20.3. The van der Waals surface area contributed by atoms with Gasteiger partial charge in [0.05, 0.1) is 71.4 Å². The fourth-order valence-corrected chi connectivity index (χ4v) is 10.3. The van der Waals surface area contributed by atoms with Crippen LogP contribution >= 0.6 is 0 Å². The van der Waals surface area contributed by atoms with Gasteiger partial charge in [-0.15, -0.1) is 0 Å². The predicted molar refractivity (Wildman–Crippen MR) is 279 cm³/mol. The monoisotopic (exact) mass is 1070 g/mol. The van der Waals surface area contributed by atoms with Crippen molar-refractivity contribution in [3.8, 4) is 11.5 Å². The van der Waals surface area contributed by atoms with E-state index in [0.29, 0.717) is 44.1 Å². The van der Waals surface area contributed by atoms with Crippen molar-refractivity contribution >= 4 is 52.5 Å². The number of aliphatic hydroxyl groups is 2. The number of allylic oxidation sites excluding steroid dienone is 4. The summed E-state index contributed by atoms with van der Waals surface area (Å²) in [6.45, 7) is 16.6. The Morgan fingerprint density at radius 1 is 0.961 bits per heavy atom. The van der Waals surface area contributed by atoms with E-state index in [2.05, 4.69) is 20.7 Å². The second kappa shape index (κ2) is 24.0. The summed E-state index contributed by atoms with van der Waals surface area (Å²) in [7, 11) is 1.44. The minimum atomic E-state index is -1.90. The normalized spacial score (nSPS) is 30.4. The topological polar surface area (TPSA) is 265 Å². The molecular formula is C55H69FN6O15. The third kappa shape index (κ3) is 12.4. The third-order valence-corrected chi connectivity index (χ3v) is 14.9. The minimum Gasteiger partial charge on any atom is -0.507 e. The van der Waals surface area contributed by atoms with E-state index in [0.717, 1.165) is 6.08 Å². The third-order valence-electron chi connectivity index (χ3n) is 14.9. The van der Waals surface area contributed by atoms with Crippen molar-refractivity contribution in [1.29, 1.82) is 0 Å². The molecule has 0 aromatic heterocycles. The summed E-state index contributed by atoms with van der Waals surface area (Å²) in [6, 6.07) is 4.55. The summed E-state index contributed by atoms with van der Waals surface area (Å²) < 4.78 is 45.4. The standard InChI is InChI=1S/C55H69FN6O15/c1-28-12-11-13-29(2)53(70)58-39-25-41(65)43-44(49(39)69)48(68)33(6)51-45(43)52(55(9,77-51)73-22-16-42(72-10)30(3)50(75-35(8)64)32(5)47(67)31(4)46(28)66)59-74-23-21-60-17-19-61(20-18-60)40-15-14-36(24-38(40)56)62-27-37(76-54(62)71)26-57-34(7)63/h11-16,22,24-25,28,30-32,37,42,46-47,50,66-68H,17-21,23,26-27H2,1-10H3,(H,57,63)(H,58,70)/b12-11+,22-16+,29-13-,59-52-/t28-,30+,31+,32+,37-,42-,46-,47+,50+,55-/m0/s1. The van der Waals surface area contributed by atoms with Crippen LogP contribution in [0.1, 0.15) is 87.2 Å². The van der Waals surface area contributed by atoms with Gasteiger partial charge in [-0.1, -0.05) is 51.1 Å². The minimum absolute atomic E-state index is 0.00629. The number of aromatic hydroxyl groups is 1. The van der Waals surface area contributed by atoms with E-state index in [1.807, 2.05) is 4.90 Å². The molecule has 5 aliphatic heterocycles. The number of esters is 1. The number of hydrogen-bond acceptors (Lipinski definition) is 18. The number of nitrogens with zero attached hydrogens (tertiary/aromatic N) is 4. The molecule has 8 rings (SSSR count). The molecule has 416 valence electrons. The number of hydrogen-bond donors (Lipinski definition) is 5. The highest BCUT2D eigenvalue weighted by Crippen LogP contribution is 2.48. The first-order valence-electron chi connectivity index (χ1n) is 25.6. The number of aliphatic hydroxyl groups excluding tert-OH is 2. The zero-order valence-electron chi connectivity index (χ0n) is 45.0. The van der Waals surface area contributed by atoms with Crippen LogP contribution in [0, 0.1) is 36.4 Å². The Labute approximate surface area is 446 Å². The number of ether oxygens (including phenoxy) is 5. The SMILES string of the molecule is CO[C@H]1/C=C/O[C@@]2(C)Oc3c(C)c(O)c4c(c3/C2=N/OCCN2CCN(c3ccc(N5C[C@H](CNC(C)=O)OC5=O)cc3F)CC2)C(=O)C=C(NC(=O)/C(C)=C\C=C\[C@H](C)[C@H](O)[C@@H](C)[C@@H](O)[C@@H](C)[C@H](OC(C)=O)[C@@H]1C)C4=O. The van der Waals surface area contributed by atoms with Crippen molar-refractivity contribution in [3.05, 3.63) is 94.2 Å². The molecule has 2 saturated heterocycles. The van der Waals surface area contributed by atoms with Crippen LogP contribution in [0.25, 0.3) is 0 Å². The number of phenolic OH excluding ortho intramolecular Hbond substituents is 1. The molecule has 6 aliphatic rings. The Hall–Kier alpha value is -7.14. The molecule has 2 aromatic carbocycles. The summed E-state index contributed by atoms with van der Waals surface area (Å²) in [5.41, 5.74) is -0.238. The average Bonchev–Trinajstić information content (AvgIpc) is 3.92. The molecule has 1 aliphatic carbocycles. The fraction of sp³-hybridized carbons (Fsp3) is 0.509. The number of fused-ring (bicyclic) bond motifs is 14. The number of halogens is 1. The summed E-state index contributed by atoms with van der Waals surface area (Å²) in [6.07, 6.45) is 3.23. The van der Waals surface area contributed by atoms with Crippen LogP contribution in [0.2, 0.25) is 0 Å². The maximum atomic E-state index is 15.6. The molecule has 77 heavy (non-hydrogen) atoms. The molecular weight excluding hydrogens is 1000 g/mol. The van der Waals surface area contributed by atoms with Crippen LogP contribution in [0.4, 0.5) is 20.6 Å². The highest BCUT2D eigenvalue weighted by molar-refractivity contribution is 6.31. The number of anilines is 2. The van der Waals surface area contributed by atoms with Crippen LogP contribution in [0.3, 0.4) is 0 Å². The molecule has 21 nitrogen and oxygen atoms in total. The molecule has 0 saturated carbocycles. The summed E-state index contributed by atoms with van der Waals surface area (Å²) in [5, 5.41) is 44.3. The fourth-order valence-electron chi connectivity index (χ4n) is 10.3. The van der Waals surface area contributed by atoms with Crippen molar-refractivity contribution in [2.45, 2.75) is 98.6 Å². The van der Waals surface area contributed by atoms with Crippen molar-refractivity contribution in [1.82, 2.24) is 15.5 Å². The Kier molecular flexibility index (Phi) is 18.0. The molecule has 2 fully saturated rings. The Bertz CT molecular complexity index is 2800. The first kappa shape index (κ1) is 57.6. The Morgan fingerprint density at radius 3 is 2.34 bits per heavy atom. The van der Waals surface area contributed by atoms with Gasteiger partial charge in [0.1, 0.15) is 36.1 Å². The molecule has 2 aromatic rings. The van der Waals surface area contributed by atoms with Gasteiger partial charge in [0.25, 0.3) is 11.7 Å². The second-order valence-corrected chi connectivity index (χ2v) is 20.3. The van der Waals surface area contributed by atoms with E-state index < -0.39 is 107 Å². The molecule has 0 unspecified atom stereocenters. The van der Waals surface area contributed by atoms with E-state index in [-0.39, 0.29) is 65.0 Å². The number of benzene rings is 2. The van der Waals surface area contributed by atoms with Gasteiger partial charge < -0.3 is 59.4 Å². The number of oxime groups is 1. The van der Waals surface area contributed by atoms with Crippen molar-refractivity contribution in [2.24, 2.45) is 28.8 Å². The highest BCUT2D eigenvalue weighted by atomic mass is 19.1. The number of nitrogens with one attached hydrogen (secondary N) is 2. The number of methoxy groups -OCH3 is 1. The number of rotatable bonds is 10. The number of phenols is 1. The summed E-state index contributed by atoms with van der Waals surface area (Å²) >= 11 is 0. The predicted octanol–water partition coefficient (Wildman–Crippen LogP) is 4.59. The lowest BCUT2D eigenvalue weighted by Crippen LogP contribution is -2.47. The Balaban J connectivity index is 1.15. The zero-order valence-corrected chi connectivity index (χ0v) is 45.0. The van der Waals surface area contributed by atoms with E-state index in [9.17, 15) is 44.1 Å². The van der Waals surface area contributed by atoms with Crippen molar-refractivity contribution in [2.75, 3.05) is 69.3 Å². The highest BCUT2D eigenvalue weighted by Gasteiger charge is 2.51. The summed E-state index contributed by atoms with van der Waals surface area (Å²) in [5.74, 6) is -8.81. The van der Waals surface area contributed by atoms with Gasteiger partial charge in [0.2, 0.25) is 11.7 Å². The number of piperazine rings is 1. The van der Waals surface area contributed by atoms with Gasteiger partial charge in [0.15, 0.2) is 11.5 Å². The number of carbonyl (C=O) groups is 6. The van der Waals surface area contributed by atoms with Crippen LogP contribution in [0.5, 0.6) is 11.5 Å². The van der Waals surface area contributed by atoms with Gasteiger partial charge in [-0.2, -0.15) is 0 Å². The summed E-state index contributed by atoms with van der Waals surface area (Å²) in [4.78, 5) is 89.8. The van der Waals surface area contributed by atoms with E-state index in [4.69, 9.17) is 28.5 Å². The molecule has 5 bridgehead atoms. The lowest BCUT2D eigenvalue weighted by atomic mass is 9.78. The van der Waals surface area contributed by atoms with E-state index in [1.54, 1.807) is 52.0 Å². The van der Waals surface area contributed by atoms with Gasteiger partial charge in [0, 0.05) is 101 Å². The van der Waals surface area contributed by atoms with Gasteiger partial charge in [-0.25, -0.2) is 9.18 Å². The largest absolute Gasteiger partial charge is 0.507 e. The van der Waals surface area contributed by atoms with E-state index in [1.165, 1.54) is 71.1 Å². The number of carbonyl (C=O) groups excluding carboxylic acids is 6. The molecule has 5 N–H and O–H groups in total. The smallest absolute Gasteiger partial charge is 0.414 e. The number of amides is 3. The van der Waals surface area contributed by atoms with Crippen LogP contribution in [-0.2, 0) is 38.2 Å². The number of ketones is 2. The van der Waals surface area contributed by atoms with Crippen LogP contribution in [-0.4, -0.2) is 157 Å². The quantitative estimate of drug-likeness (QED) is 0.124. The molecule has 0 radical (unpaired) electrons. The average molecular weight is 1070 g/mol. The Morgan fingerprint density at radius 2 is 1.68 bits per heavy atom. The number of cyclic esters (lactones) is 1. The first-order chi connectivity index (χ1) is 36.5. The zero-order chi connectivity index (χ0) is 56.2. The molecule has 22 heteroatoms. The molecule has 5 heterocycles. The van der Waals surface area contributed by atoms with Gasteiger partial charge in [-0.3, -0.25) is 33.8 Å². The van der Waals surface area contributed by atoms with Crippen molar-refractivity contribution in [3.63, 3.8) is 0 Å². The van der Waals surface area contributed by atoms with Gasteiger partial charge >= 0.3 is 12.1 Å². The van der Waals surface area contributed by atoms with Gasteiger partial charge in [-0.05, 0) is 38.1 Å². The lowest BCUT2D eigenvalue weighted by Gasteiger charge is -2.38. The van der Waals surface area contributed by atoms with Crippen molar-refractivity contribution < 1.29 is 77.0 Å². The molecule has 3 amide bonds. The first-order valence-corrected chi connectivity index (χ1v) is 25.6. The van der Waals surface area contributed by atoms with Crippen LogP contribution < -0.4 is 25.2 Å². The molecule has 10 atom stereocenters. The maximum absolute atomic E-state index is 15.6. The van der Waals surface area contributed by atoms with Crippen LogP contribution in [0.15, 0.2) is 71.3 Å².